The molecule has 25 heavy (non-hydrogen) atoms. The number of ether oxygens (including phenoxy) is 1. The molecule has 1 heterocycles. The van der Waals surface area contributed by atoms with E-state index in [1.165, 1.54) is 11.1 Å². The fourth-order valence-electron chi connectivity index (χ4n) is 2.68. The number of rotatable bonds is 7. The Morgan fingerprint density at radius 2 is 2.00 bits per heavy atom. The van der Waals surface area contributed by atoms with Crippen molar-refractivity contribution in [3.63, 3.8) is 0 Å². The van der Waals surface area contributed by atoms with Crippen molar-refractivity contribution in [2.24, 2.45) is 5.92 Å². The summed E-state index contributed by atoms with van der Waals surface area (Å²) in [5.74, 6) is 1.45. The molecule has 134 valence electrons. The topological polar surface area (TPSA) is 50.4 Å². The van der Waals surface area contributed by atoms with E-state index in [2.05, 4.69) is 29.7 Å². The van der Waals surface area contributed by atoms with Gasteiger partial charge in [-0.2, -0.15) is 0 Å². The van der Waals surface area contributed by atoms with Crippen LogP contribution in [0.2, 0.25) is 0 Å². The van der Waals surface area contributed by atoms with Gasteiger partial charge in [-0.25, -0.2) is 0 Å². The Morgan fingerprint density at radius 3 is 2.72 bits per heavy atom. The molecule has 2 N–H and O–H groups in total. The number of halogens is 1. The molecule has 1 fully saturated rings. The van der Waals surface area contributed by atoms with Crippen LogP contribution in [0.25, 0.3) is 0 Å². The second kappa shape index (κ2) is 9.44. The van der Waals surface area contributed by atoms with Gasteiger partial charge in [-0.15, -0.1) is 12.4 Å². The van der Waals surface area contributed by atoms with Gasteiger partial charge in [-0.1, -0.05) is 36.4 Å². The predicted octanol–water partition coefficient (Wildman–Crippen LogP) is 2.87. The highest BCUT2D eigenvalue weighted by atomic mass is 35.5. The van der Waals surface area contributed by atoms with Crippen LogP contribution in [0.1, 0.15) is 16.7 Å². The van der Waals surface area contributed by atoms with E-state index in [1.54, 1.807) is 0 Å². The van der Waals surface area contributed by atoms with Crippen molar-refractivity contribution in [2.75, 3.05) is 19.6 Å². The summed E-state index contributed by atoms with van der Waals surface area (Å²) in [6, 6.07) is 16.0. The molecule has 2 aromatic rings. The quantitative estimate of drug-likeness (QED) is 0.798. The third-order valence-corrected chi connectivity index (χ3v) is 4.37. The van der Waals surface area contributed by atoms with Crippen molar-refractivity contribution in [3.05, 3.63) is 65.2 Å². The number of carbonyl (C=O) groups excluding carboxylic acids is 1. The van der Waals surface area contributed by atoms with Gasteiger partial charge in [0.1, 0.15) is 12.4 Å². The molecule has 4 nitrogen and oxygen atoms in total. The highest BCUT2D eigenvalue weighted by Crippen LogP contribution is 2.17. The minimum atomic E-state index is 0. The number of nitrogens with one attached hydrogen (secondary N) is 2. The molecule has 3 rings (SSSR count). The maximum Gasteiger partial charge on any atom is 0.224 e. The summed E-state index contributed by atoms with van der Waals surface area (Å²) in [5.41, 5.74) is 3.37. The molecular formula is C20H25ClN2O2. The number of hydrogen-bond acceptors (Lipinski definition) is 3. The van der Waals surface area contributed by atoms with E-state index in [1.807, 2.05) is 36.4 Å². The molecule has 1 saturated heterocycles. The number of aryl methyl sites for hydroxylation is 1. The molecule has 0 unspecified atom stereocenters. The second-order valence-electron chi connectivity index (χ2n) is 6.37. The lowest BCUT2D eigenvalue weighted by Crippen LogP contribution is -2.48. The van der Waals surface area contributed by atoms with Gasteiger partial charge in [0, 0.05) is 25.6 Å². The van der Waals surface area contributed by atoms with Gasteiger partial charge < -0.3 is 15.4 Å². The van der Waals surface area contributed by atoms with Crippen LogP contribution >= 0.6 is 12.4 Å². The molecule has 0 saturated carbocycles. The fourth-order valence-corrected chi connectivity index (χ4v) is 2.68. The Hall–Kier alpha value is -2.04. The van der Waals surface area contributed by atoms with Crippen LogP contribution < -0.4 is 15.4 Å². The Bertz CT molecular complexity index is 702. The molecule has 0 radical (unpaired) electrons. The van der Waals surface area contributed by atoms with Crippen LogP contribution in [0, 0.1) is 12.8 Å². The average Bonchev–Trinajstić information content (AvgIpc) is 2.53. The zero-order valence-electron chi connectivity index (χ0n) is 14.5. The lowest BCUT2D eigenvalue weighted by atomic mass is 10.0. The Balaban J connectivity index is 0.00000225. The van der Waals surface area contributed by atoms with E-state index in [-0.39, 0.29) is 18.3 Å². The normalized spacial score (nSPS) is 13.5. The van der Waals surface area contributed by atoms with Crippen molar-refractivity contribution >= 4 is 18.3 Å². The van der Waals surface area contributed by atoms with E-state index >= 15 is 0 Å². The van der Waals surface area contributed by atoms with E-state index in [0.29, 0.717) is 18.9 Å². The maximum absolute atomic E-state index is 12.0. The number of amides is 1. The molecule has 5 heteroatoms. The van der Waals surface area contributed by atoms with Crippen LogP contribution in [0.4, 0.5) is 0 Å². The first-order chi connectivity index (χ1) is 11.7. The SMILES string of the molecule is Cc1ccccc1COc1cccc(CC(=O)NCC2CNC2)c1.Cl. The summed E-state index contributed by atoms with van der Waals surface area (Å²) in [5, 5.41) is 6.20. The fraction of sp³-hybridized carbons (Fsp3) is 0.350. The van der Waals surface area contributed by atoms with Crippen molar-refractivity contribution < 1.29 is 9.53 Å². The minimum Gasteiger partial charge on any atom is -0.489 e. The van der Waals surface area contributed by atoms with Crippen molar-refractivity contribution in [1.82, 2.24) is 10.6 Å². The van der Waals surface area contributed by atoms with Crippen molar-refractivity contribution in [2.45, 2.75) is 20.0 Å². The third-order valence-electron chi connectivity index (χ3n) is 4.37. The van der Waals surface area contributed by atoms with Gasteiger partial charge in [0.2, 0.25) is 5.91 Å². The maximum atomic E-state index is 12.0. The Kier molecular flexibility index (Phi) is 7.29. The highest BCUT2D eigenvalue weighted by molar-refractivity contribution is 5.85. The van der Waals surface area contributed by atoms with Gasteiger partial charge >= 0.3 is 0 Å². The van der Waals surface area contributed by atoms with Crippen LogP contribution in [-0.4, -0.2) is 25.5 Å². The standard InChI is InChI=1S/C20H24N2O2.ClH/c1-15-5-2-3-7-18(15)14-24-19-8-4-6-16(9-19)10-20(23)22-13-17-11-21-12-17;/h2-9,17,21H,10-14H2,1H3,(H,22,23);1H. The largest absolute Gasteiger partial charge is 0.489 e. The van der Waals surface area contributed by atoms with Crippen LogP contribution in [0.3, 0.4) is 0 Å². The van der Waals surface area contributed by atoms with Gasteiger partial charge in [-0.3, -0.25) is 4.79 Å². The lowest BCUT2D eigenvalue weighted by Gasteiger charge is -2.27. The summed E-state index contributed by atoms with van der Waals surface area (Å²) in [4.78, 5) is 12.0. The smallest absolute Gasteiger partial charge is 0.224 e. The summed E-state index contributed by atoms with van der Waals surface area (Å²) < 4.78 is 5.88. The van der Waals surface area contributed by atoms with Crippen molar-refractivity contribution in [3.8, 4) is 5.75 Å². The molecule has 0 spiro atoms. The first kappa shape index (κ1) is 19.3. The minimum absolute atomic E-state index is 0. The van der Waals surface area contributed by atoms with Crippen LogP contribution in [0.5, 0.6) is 5.75 Å². The molecule has 1 aliphatic heterocycles. The van der Waals surface area contributed by atoms with Gasteiger partial charge in [-0.05, 0) is 35.7 Å². The number of benzene rings is 2. The third kappa shape index (κ3) is 5.76. The molecule has 1 amide bonds. The van der Waals surface area contributed by atoms with E-state index in [0.717, 1.165) is 30.9 Å². The van der Waals surface area contributed by atoms with Gasteiger partial charge in [0.15, 0.2) is 0 Å². The molecule has 0 atom stereocenters. The monoisotopic (exact) mass is 360 g/mol. The average molecular weight is 361 g/mol. The van der Waals surface area contributed by atoms with Gasteiger partial charge in [0.25, 0.3) is 0 Å². The zero-order chi connectivity index (χ0) is 16.8. The predicted molar refractivity (Wildman–Crippen MR) is 102 cm³/mol. The molecule has 1 aliphatic rings. The molecule has 2 aromatic carbocycles. The number of carbonyl (C=O) groups is 1. The molecule has 0 aromatic heterocycles. The Labute approximate surface area is 155 Å². The summed E-state index contributed by atoms with van der Waals surface area (Å²) in [6.45, 7) is 5.38. The van der Waals surface area contributed by atoms with E-state index in [4.69, 9.17) is 4.74 Å². The molecule has 0 aliphatic carbocycles. The summed E-state index contributed by atoms with van der Waals surface area (Å²) in [7, 11) is 0. The van der Waals surface area contributed by atoms with E-state index in [9.17, 15) is 4.79 Å². The van der Waals surface area contributed by atoms with E-state index < -0.39 is 0 Å². The summed E-state index contributed by atoms with van der Waals surface area (Å²) >= 11 is 0. The summed E-state index contributed by atoms with van der Waals surface area (Å²) in [6.07, 6.45) is 0.391. The molecular weight excluding hydrogens is 336 g/mol. The van der Waals surface area contributed by atoms with Crippen LogP contribution in [0.15, 0.2) is 48.5 Å². The van der Waals surface area contributed by atoms with Gasteiger partial charge in [0.05, 0.1) is 6.42 Å². The lowest BCUT2D eigenvalue weighted by molar-refractivity contribution is -0.120. The second-order valence-corrected chi connectivity index (χ2v) is 6.37. The Morgan fingerprint density at radius 1 is 1.20 bits per heavy atom. The first-order valence-corrected chi connectivity index (χ1v) is 8.44. The molecule has 0 bridgehead atoms. The number of hydrogen-bond donors (Lipinski definition) is 2. The highest BCUT2D eigenvalue weighted by Gasteiger charge is 2.17. The first-order valence-electron chi connectivity index (χ1n) is 8.44. The van der Waals surface area contributed by atoms with Crippen molar-refractivity contribution in [1.29, 1.82) is 0 Å². The zero-order valence-corrected chi connectivity index (χ0v) is 15.3. The van der Waals surface area contributed by atoms with Crippen LogP contribution in [-0.2, 0) is 17.8 Å².